The van der Waals surface area contributed by atoms with Crippen molar-refractivity contribution in [3.05, 3.63) is 60.7 Å². The summed E-state index contributed by atoms with van der Waals surface area (Å²) in [5, 5.41) is 7.27. The van der Waals surface area contributed by atoms with Crippen LogP contribution in [0.25, 0.3) is 21.9 Å². The highest BCUT2D eigenvalue weighted by Crippen LogP contribution is 2.37. The maximum absolute atomic E-state index is 12.8. The highest BCUT2D eigenvalue weighted by molar-refractivity contribution is 8.00. The van der Waals surface area contributed by atoms with E-state index in [1.165, 1.54) is 18.7 Å². The van der Waals surface area contributed by atoms with Crippen LogP contribution >= 0.6 is 11.8 Å². The third-order valence-electron chi connectivity index (χ3n) is 4.81. The molecule has 2 N–H and O–H groups in total. The largest absolute Gasteiger partial charge is 0.495 e. The van der Waals surface area contributed by atoms with Crippen LogP contribution < -0.4 is 15.4 Å². The van der Waals surface area contributed by atoms with Crippen LogP contribution in [0.4, 0.5) is 11.4 Å². The second-order valence-electron chi connectivity index (χ2n) is 7.10. The summed E-state index contributed by atoms with van der Waals surface area (Å²) >= 11 is 1.43. The molecule has 6 nitrogen and oxygen atoms in total. The predicted molar refractivity (Wildman–Crippen MR) is 125 cm³/mol. The summed E-state index contributed by atoms with van der Waals surface area (Å²) in [6, 6.07) is 18.8. The van der Waals surface area contributed by atoms with E-state index in [0.29, 0.717) is 17.0 Å². The van der Waals surface area contributed by atoms with Crippen molar-refractivity contribution in [1.82, 2.24) is 0 Å². The first kappa shape index (κ1) is 20.8. The number of furan rings is 1. The molecule has 0 saturated carbocycles. The first-order valence-electron chi connectivity index (χ1n) is 9.79. The van der Waals surface area contributed by atoms with Gasteiger partial charge >= 0.3 is 0 Å². The molecular weight excluding hydrogens is 412 g/mol. The van der Waals surface area contributed by atoms with Crippen LogP contribution in [0, 0.1) is 0 Å². The summed E-state index contributed by atoms with van der Waals surface area (Å²) < 4.78 is 11.4. The summed E-state index contributed by atoms with van der Waals surface area (Å²) in [7, 11) is 1.58. The number of hydrogen-bond acceptors (Lipinski definition) is 5. The average molecular weight is 435 g/mol. The molecule has 0 aliphatic heterocycles. The molecule has 0 unspecified atom stereocenters. The number of anilines is 2. The van der Waals surface area contributed by atoms with Gasteiger partial charge in [-0.15, -0.1) is 11.8 Å². The van der Waals surface area contributed by atoms with Crippen molar-refractivity contribution in [2.75, 3.05) is 17.7 Å². The second kappa shape index (κ2) is 8.73. The summed E-state index contributed by atoms with van der Waals surface area (Å²) in [6.07, 6.45) is 0. The van der Waals surface area contributed by atoms with Gasteiger partial charge in [-0.1, -0.05) is 18.2 Å². The van der Waals surface area contributed by atoms with E-state index in [9.17, 15) is 9.59 Å². The molecule has 0 fully saturated rings. The molecule has 31 heavy (non-hydrogen) atoms. The number of ether oxygens (including phenoxy) is 1. The number of thioether (sulfide) groups is 1. The maximum atomic E-state index is 12.8. The topological polar surface area (TPSA) is 80.6 Å². The zero-order chi connectivity index (χ0) is 22.0. The highest BCUT2D eigenvalue weighted by atomic mass is 32.2. The minimum Gasteiger partial charge on any atom is -0.495 e. The number of para-hydroxylation sites is 1. The van der Waals surface area contributed by atoms with Crippen LogP contribution in [0.15, 0.2) is 70.0 Å². The lowest BCUT2D eigenvalue weighted by atomic mass is 10.1. The molecule has 0 aliphatic carbocycles. The molecule has 2 amide bonds. The normalized spacial score (nSPS) is 12.0. The van der Waals surface area contributed by atoms with Gasteiger partial charge in [-0.25, -0.2) is 0 Å². The van der Waals surface area contributed by atoms with Gasteiger partial charge in [0.2, 0.25) is 11.8 Å². The van der Waals surface area contributed by atoms with Gasteiger partial charge in [-0.2, -0.15) is 0 Å². The number of methoxy groups -OCH3 is 1. The van der Waals surface area contributed by atoms with E-state index in [4.69, 9.17) is 9.15 Å². The first-order valence-corrected chi connectivity index (χ1v) is 10.7. The maximum Gasteiger partial charge on any atom is 0.237 e. The van der Waals surface area contributed by atoms with Crippen LogP contribution in [0.1, 0.15) is 13.8 Å². The molecule has 1 aromatic heterocycles. The van der Waals surface area contributed by atoms with Crippen molar-refractivity contribution in [2.24, 2.45) is 0 Å². The summed E-state index contributed by atoms with van der Waals surface area (Å²) in [5.74, 6) is 0.303. The van der Waals surface area contributed by atoms with Crippen molar-refractivity contribution in [2.45, 2.75) is 24.0 Å². The monoisotopic (exact) mass is 434 g/mol. The van der Waals surface area contributed by atoms with Gasteiger partial charge in [-0.05, 0) is 43.3 Å². The number of benzene rings is 3. The van der Waals surface area contributed by atoms with Crippen molar-refractivity contribution in [3.63, 3.8) is 0 Å². The fourth-order valence-corrected chi connectivity index (χ4v) is 4.20. The molecule has 3 aromatic carbocycles. The molecule has 158 valence electrons. The lowest BCUT2D eigenvalue weighted by Crippen LogP contribution is -2.22. The van der Waals surface area contributed by atoms with Crippen LogP contribution in [0.5, 0.6) is 5.75 Å². The number of carbonyl (C=O) groups is 2. The molecular formula is C24H22N2O4S. The molecule has 0 radical (unpaired) electrons. The number of carbonyl (C=O) groups excluding carboxylic acids is 2. The summed E-state index contributed by atoms with van der Waals surface area (Å²) in [5.41, 5.74) is 2.76. The zero-order valence-corrected chi connectivity index (χ0v) is 18.2. The Morgan fingerprint density at radius 2 is 1.71 bits per heavy atom. The van der Waals surface area contributed by atoms with E-state index in [1.54, 1.807) is 13.2 Å². The van der Waals surface area contributed by atoms with E-state index >= 15 is 0 Å². The Morgan fingerprint density at radius 3 is 2.42 bits per heavy atom. The average Bonchev–Trinajstić information content (AvgIpc) is 3.11. The number of hydrogen-bond donors (Lipinski definition) is 2. The number of nitrogens with one attached hydrogen (secondary N) is 2. The molecule has 1 heterocycles. The molecule has 0 saturated heterocycles. The summed E-state index contributed by atoms with van der Waals surface area (Å²) in [6.45, 7) is 3.31. The van der Waals surface area contributed by atoms with Gasteiger partial charge in [0.25, 0.3) is 0 Å². The first-order chi connectivity index (χ1) is 14.9. The molecule has 0 bridgehead atoms. The lowest BCUT2D eigenvalue weighted by molar-refractivity contribution is -0.115. The molecule has 4 aromatic rings. The Morgan fingerprint density at radius 1 is 0.968 bits per heavy atom. The number of amides is 2. The fourth-order valence-electron chi connectivity index (χ4n) is 3.33. The van der Waals surface area contributed by atoms with Gasteiger partial charge in [0.15, 0.2) is 0 Å². The van der Waals surface area contributed by atoms with Gasteiger partial charge in [0.1, 0.15) is 16.9 Å². The zero-order valence-electron chi connectivity index (χ0n) is 17.4. The smallest absolute Gasteiger partial charge is 0.237 e. The van der Waals surface area contributed by atoms with Crippen molar-refractivity contribution >= 4 is 56.9 Å². The minimum absolute atomic E-state index is 0.122. The SMILES string of the molecule is COc1cc2c(cc1NC(=O)[C@@H](C)Sc1ccc(NC(C)=O)cc1)oc1ccccc12. The molecule has 1 atom stereocenters. The second-order valence-corrected chi connectivity index (χ2v) is 8.52. The summed E-state index contributed by atoms with van der Waals surface area (Å²) in [4.78, 5) is 24.9. The van der Waals surface area contributed by atoms with Gasteiger partial charge in [0, 0.05) is 34.3 Å². The quantitative estimate of drug-likeness (QED) is 0.382. The van der Waals surface area contributed by atoms with E-state index in [1.807, 2.05) is 61.5 Å². The number of rotatable bonds is 6. The van der Waals surface area contributed by atoms with Crippen molar-refractivity contribution in [3.8, 4) is 5.75 Å². The van der Waals surface area contributed by atoms with Crippen LogP contribution in [-0.4, -0.2) is 24.2 Å². The molecule has 4 rings (SSSR count). The van der Waals surface area contributed by atoms with E-state index in [0.717, 1.165) is 26.9 Å². The Hall–Kier alpha value is -3.45. The number of fused-ring (bicyclic) bond motifs is 3. The van der Waals surface area contributed by atoms with E-state index in [-0.39, 0.29) is 17.1 Å². The van der Waals surface area contributed by atoms with Crippen molar-refractivity contribution in [1.29, 1.82) is 0 Å². The fraction of sp³-hybridized carbons (Fsp3) is 0.167. The Kier molecular flexibility index (Phi) is 5.86. The molecule has 7 heteroatoms. The van der Waals surface area contributed by atoms with Gasteiger partial charge in [0.05, 0.1) is 18.0 Å². The van der Waals surface area contributed by atoms with Gasteiger partial charge in [-0.3, -0.25) is 9.59 Å². The Balaban J connectivity index is 1.51. The standard InChI is InChI=1S/C24H22N2O4S/c1-14(31-17-10-8-16(9-11-17)25-15(2)27)24(28)26-20-13-22-19(12-23(20)29-3)18-6-4-5-7-21(18)30-22/h4-14H,1-3H3,(H,25,27)(H,26,28)/t14-/m1/s1. The third kappa shape index (κ3) is 4.51. The Bertz CT molecular complexity index is 1260. The van der Waals surface area contributed by atoms with Crippen LogP contribution in [0.3, 0.4) is 0 Å². The van der Waals surface area contributed by atoms with E-state index < -0.39 is 0 Å². The van der Waals surface area contributed by atoms with Crippen molar-refractivity contribution < 1.29 is 18.7 Å². The van der Waals surface area contributed by atoms with Gasteiger partial charge < -0.3 is 19.8 Å². The van der Waals surface area contributed by atoms with Crippen LogP contribution in [-0.2, 0) is 9.59 Å². The molecule has 0 aliphatic rings. The predicted octanol–water partition coefficient (Wildman–Crippen LogP) is 5.67. The lowest BCUT2D eigenvalue weighted by Gasteiger charge is -2.14. The molecule has 0 spiro atoms. The van der Waals surface area contributed by atoms with Crippen LogP contribution in [0.2, 0.25) is 0 Å². The Labute approximate surface area is 183 Å². The highest BCUT2D eigenvalue weighted by Gasteiger charge is 2.18. The van der Waals surface area contributed by atoms with E-state index in [2.05, 4.69) is 10.6 Å². The third-order valence-corrected chi connectivity index (χ3v) is 5.93. The minimum atomic E-state index is -0.345.